The molecule has 7 heteroatoms. The van der Waals surface area contributed by atoms with Crippen LogP contribution in [0.15, 0.2) is 35.9 Å². The number of hydrogen-bond donors (Lipinski definition) is 2. The molecule has 1 aliphatic heterocycles. The summed E-state index contributed by atoms with van der Waals surface area (Å²) >= 11 is 0. The van der Waals surface area contributed by atoms with Gasteiger partial charge < -0.3 is 20.1 Å². The molecular weight excluding hydrogens is 348 g/mol. The molecule has 1 heterocycles. The second-order valence-electron chi connectivity index (χ2n) is 7.61. The maximum Gasteiger partial charge on any atom is 0.408 e. The molecule has 7 nitrogen and oxygen atoms in total. The van der Waals surface area contributed by atoms with Crippen molar-refractivity contribution in [2.75, 3.05) is 6.54 Å². The molecule has 0 aromatic heterocycles. The van der Waals surface area contributed by atoms with E-state index in [1.54, 1.807) is 20.8 Å². The fraction of sp³-hybridized carbons (Fsp3) is 0.450. The Bertz CT molecular complexity index is 736. The summed E-state index contributed by atoms with van der Waals surface area (Å²) in [7, 11) is 0. The Morgan fingerprint density at radius 1 is 1.26 bits per heavy atom. The maximum absolute atomic E-state index is 12.7. The smallest absolute Gasteiger partial charge is 0.408 e. The Balaban J connectivity index is 2.10. The first kappa shape index (κ1) is 20.5. The molecule has 0 spiro atoms. The predicted octanol–water partition coefficient (Wildman–Crippen LogP) is 2.67. The number of nitrogens with zero attached hydrogens (tertiary/aromatic N) is 1. The molecule has 0 radical (unpaired) electrons. The minimum Gasteiger partial charge on any atom is -0.480 e. The van der Waals surface area contributed by atoms with Gasteiger partial charge >= 0.3 is 12.1 Å². The van der Waals surface area contributed by atoms with Crippen LogP contribution in [0.25, 0.3) is 6.08 Å². The number of likely N-dealkylation sites (tertiary alicyclic amines) is 1. The molecule has 0 aliphatic carbocycles. The van der Waals surface area contributed by atoms with Crippen molar-refractivity contribution in [3.8, 4) is 0 Å². The molecule has 2 atom stereocenters. The quantitative estimate of drug-likeness (QED) is 0.845. The van der Waals surface area contributed by atoms with Crippen LogP contribution in [0.4, 0.5) is 4.79 Å². The SMILES string of the molecule is C[C@H](NC(=O)OC(C)(C)C)C(=O)N1CC(=Cc2ccccc2)C[C@H]1C(=O)O. The van der Waals surface area contributed by atoms with E-state index in [1.807, 2.05) is 36.4 Å². The number of ether oxygens (including phenoxy) is 1. The third kappa shape index (κ3) is 5.84. The highest BCUT2D eigenvalue weighted by molar-refractivity contribution is 5.90. The van der Waals surface area contributed by atoms with Gasteiger partial charge in [-0.1, -0.05) is 36.4 Å². The number of carbonyl (C=O) groups excluding carboxylic acids is 2. The van der Waals surface area contributed by atoms with Crippen LogP contribution in [0.5, 0.6) is 0 Å². The van der Waals surface area contributed by atoms with Crippen molar-refractivity contribution in [1.29, 1.82) is 0 Å². The molecule has 2 rings (SSSR count). The number of alkyl carbamates (subject to hydrolysis) is 1. The third-order valence-electron chi connectivity index (χ3n) is 4.05. The molecule has 2 N–H and O–H groups in total. The number of aliphatic carboxylic acids is 1. The molecule has 0 bridgehead atoms. The zero-order valence-electron chi connectivity index (χ0n) is 16.1. The van der Waals surface area contributed by atoms with Gasteiger partial charge in [0, 0.05) is 13.0 Å². The van der Waals surface area contributed by atoms with E-state index >= 15 is 0 Å². The van der Waals surface area contributed by atoms with Gasteiger partial charge in [0.15, 0.2) is 0 Å². The normalized spacial score (nSPS) is 19.6. The molecule has 2 amide bonds. The predicted molar refractivity (Wildman–Crippen MR) is 101 cm³/mol. The molecule has 1 aromatic carbocycles. The van der Waals surface area contributed by atoms with Crippen molar-refractivity contribution in [1.82, 2.24) is 10.2 Å². The molecule has 1 saturated heterocycles. The second kappa shape index (κ2) is 8.24. The van der Waals surface area contributed by atoms with Gasteiger partial charge in [0.25, 0.3) is 0 Å². The van der Waals surface area contributed by atoms with Gasteiger partial charge in [0.05, 0.1) is 0 Å². The van der Waals surface area contributed by atoms with E-state index in [2.05, 4.69) is 5.32 Å². The van der Waals surface area contributed by atoms with Gasteiger partial charge in [-0.05, 0) is 38.8 Å². The van der Waals surface area contributed by atoms with Crippen LogP contribution in [-0.4, -0.2) is 52.2 Å². The molecule has 0 unspecified atom stereocenters. The summed E-state index contributed by atoms with van der Waals surface area (Å²) in [5.41, 5.74) is 1.12. The first-order chi connectivity index (χ1) is 12.6. The maximum atomic E-state index is 12.7. The van der Waals surface area contributed by atoms with E-state index in [0.29, 0.717) is 0 Å². The van der Waals surface area contributed by atoms with Crippen molar-refractivity contribution in [3.63, 3.8) is 0 Å². The molecular formula is C20H26N2O5. The summed E-state index contributed by atoms with van der Waals surface area (Å²) in [5, 5.41) is 12.0. The Morgan fingerprint density at radius 2 is 1.89 bits per heavy atom. The van der Waals surface area contributed by atoms with E-state index in [0.717, 1.165) is 11.1 Å². The average Bonchev–Trinajstić information content (AvgIpc) is 2.97. The molecule has 0 saturated carbocycles. The molecule has 27 heavy (non-hydrogen) atoms. The van der Waals surface area contributed by atoms with Gasteiger partial charge in [0.2, 0.25) is 5.91 Å². The van der Waals surface area contributed by atoms with Gasteiger partial charge in [-0.15, -0.1) is 0 Å². The monoisotopic (exact) mass is 374 g/mol. The van der Waals surface area contributed by atoms with E-state index < -0.39 is 35.7 Å². The number of rotatable bonds is 4. The van der Waals surface area contributed by atoms with Crippen molar-refractivity contribution >= 4 is 24.0 Å². The highest BCUT2D eigenvalue weighted by atomic mass is 16.6. The molecule has 146 valence electrons. The minimum absolute atomic E-state index is 0.213. The number of carboxylic acid groups (broad SMARTS) is 1. The minimum atomic E-state index is -1.07. The van der Waals surface area contributed by atoms with Gasteiger partial charge in [0.1, 0.15) is 17.7 Å². The topological polar surface area (TPSA) is 95.9 Å². The lowest BCUT2D eigenvalue weighted by molar-refractivity contribution is -0.148. The van der Waals surface area contributed by atoms with Gasteiger partial charge in [-0.2, -0.15) is 0 Å². The first-order valence-electron chi connectivity index (χ1n) is 8.84. The lowest BCUT2D eigenvalue weighted by Crippen LogP contribution is -2.51. The van der Waals surface area contributed by atoms with E-state index in [9.17, 15) is 19.5 Å². The zero-order valence-corrected chi connectivity index (χ0v) is 16.1. The second-order valence-corrected chi connectivity index (χ2v) is 7.61. The number of nitrogens with one attached hydrogen (secondary N) is 1. The number of carboxylic acids is 1. The summed E-state index contributed by atoms with van der Waals surface area (Å²) in [6.07, 6.45) is 1.44. The van der Waals surface area contributed by atoms with Crippen molar-refractivity contribution in [2.45, 2.75) is 51.8 Å². The van der Waals surface area contributed by atoms with Crippen molar-refractivity contribution < 1.29 is 24.2 Å². The lowest BCUT2D eigenvalue weighted by Gasteiger charge is -2.26. The molecule has 1 aromatic rings. The van der Waals surface area contributed by atoms with Crippen LogP contribution in [0, 0.1) is 0 Å². The van der Waals surface area contributed by atoms with E-state index in [4.69, 9.17) is 4.74 Å². The Hall–Kier alpha value is -2.83. The largest absolute Gasteiger partial charge is 0.480 e. The summed E-state index contributed by atoms with van der Waals surface area (Å²) in [6.45, 7) is 6.90. The van der Waals surface area contributed by atoms with Crippen molar-refractivity contribution in [2.24, 2.45) is 0 Å². The van der Waals surface area contributed by atoms with E-state index in [-0.39, 0.29) is 13.0 Å². The van der Waals surface area contributed by atoms with Crippen LogP contribution >= 0.6 is 0 Å². The highest BCUT2D eigenvalue weighted by Crippen LogP contribution is 2.25. The average molecular weight is 374 g/mol. The molecule has 1 aliphatic rings. The first-order valence-corrected chi connectivity index (χ1v) is 8.84. The van der Waals surface area contributed by atoms with Crippen molar-refractivity contribution in [3.05, 3.63) is 41.5 Å². The van der Waals surface area contributed by atoms with Crippen LogP contribution in [0.3, 0.4) is 0 Å². The number of amides is 2. The fourth-order valence-corrected chi connectivity index (χ4v) is 2.89. The lowest BCUT2D eigenvalue weighted by atomic mass is 10.1. The van der Waals surface area contributed by atoms with E-state index in [1.165, 1.54) is 11.8 Å². The Morgan fingerprint density at radius 3 is 2.44 bits per heavy atom. The Kier molecular flexibility index (Phi) is 6.25. The van der Waals surface area contributed by atoms with Crippen LogP contribution in [-0.2, 0) is 14.3 Å². The number of carbonyl (C=O) groups is 3. The van der Waals surface area contributed by atoms with Crippen LogP contribution in [0.1, 0.15) is 39.7 Å². The van der Waals surface area contributed by atoms with Gasteiger partial charge in [-0.3, -0.25) is 4.79 Å². The number of hydrogen-bond acceptors (Lipinski definition) is 4. The standard InChI is InChI=1S/C20H26N2O5/c1-13(21-19(26)27-20(2,3)4)17(23)22-12-15(11-16(22)18(24)25)10-14-8-6-5-7-9-14/h5-10,13,16H,11-12H2,1-4H3,(H,21,26)(H,24,25)/t13-,16-/m0/s1. The zero-order chi connectivity index (χ0) is 20.2. The number of benzene rings is 1. The van der Waals surface area contributed by atoms with Gasteiger partial charge in [-0.25, -0.2) is 9.59 Å². The summed E-state index contributed by atoms with van der Waals surface area (Å²) in [6, 6.07) is 7.68. The fourth-order valence-electron chi connectivity index (χ4n) is 2.89. The summed E-state index contributed by atoms with van der Waals surface area (Å²) in [5.74, 6) is -1.52. The Labute approximate surface area is 159 Å². The molecule has 1 fully saturated rings. The van der Waals surface area contributed by atoms with Crippen LogP contribution < -0.4 is 5.32 Å². The summed E-state index contributed by atoms with van der Waals surface area (Å²) < 4.78 is 5.15. The third-order valence-corrected chi connectivity index (χ3v) is 4.05. The highest BCUT2D eigenvalue weighted by Gasteiger charge is 2.38. The summed E-state index contributed by atoms with van der Waals surface area (Å²) in [4.78, 5) is 37.5. The van der Waals surface area contributed by atoms with Crippen LogP contribution in [0.2, 0.25) is 0 Å².